The Kier molecular flexibility index (Phi) is 11.2. The molecular formula is C29H34N2O7S. The summed E-state index contributed by atoms with van der Waals surface area (Å²) in [6, 6.07) is 14.0. The highest BCUT2D eigenvalue weighted by Crippen LogP contribution is 2.42. The number of benzene rings is 2. The van der Waals surface area contributed by atoms with Crippen LogP contribution in [-0.4, -0.2) is 53.8 Å². The minimum atomic E-state index is -0.899. The highest BCUT2D eigenvalue weighted by molar-refractivity contribution is 7.99. The quantitative estimate of drug-likeness (QED) is 0.117. The zero-order chi connectivity index (χ0) is 28.4. The Morgan fingerprint density at radius 2 is 1.87 bits per heavy atom. The summed E-state index contributed by atoms with van der Waals surface area (Å²) in [5.41, 5.74) is 2.69. The third-order valence-electron chi connectivity index (χ3n) is 6.52. The lowest BCUT2D eigenvalue weighted by atomic mass is 9.74. The van der Waals surface area contributed by atoms with Crippen LogP contribution in [0.2, 0.25) is 0 Å². The van der Waals surface area contributed by atoms with E-state index < -0.39 is 28.7 Å². The molecule has 3 rings (SSSR count). The fourth-order valence-electron chi connectivity index (χ4n) is 4.62. The molecule has 0 bridgehead atoms. The standard InChI is InChI=1S/C29H34N2O7S/c1-4-23-26(28(33)37-3)25(20-8-6-9-21(18-20)31(35)36)27(24(5-2)30-23)29(34)38-16-7-17-39-22-12-10-19(11-13-22)14-15-32/h6,8-13,18,25-26,32H,4-5,7,14-17H2,1-3H3. The van der Waals surface area contributed by atoms with Crippen molar-refractivity contribution in [2.24, 2.45) is 10.9 Å². The van der Waals surface area contributed by atoms with Crippen molar-refractivity contribution in [1.29, 1.82) is 0 Å². The second-order valence-electron chi connectivity index (χ2n) is 8.96. The van der Waals surface area contributed by atoms with Gasteiger partial charge < -0.3 is 14.6 Å². The lowest BCUT2D eigenvalue weighted by molar-refractivity contribution is -0.384. The number of aliphatic hydroxyl groups is 1. The molecule has 0 saturated carbocycles. The molecule has 208 valence electrons. The number of rotatable bonds is 13. The minimum Gasteiger partial charge on any atom is -0.468 e. The zero-order valence-corrected chi connectivity index (χ0v) is 23.2. The number of ether oxygens (including phenoxy) is 2. The number of nitrogens with zero attached hydrogens (tertiary/aromatic N) is 2. The topological polar surface area (TPSA) is 128 Å². The van der Waals surface area contributed by atoms with Crippen LogP contribution < -0.4 is 0 Å². The molecular weight excluding hydrogens is 520 g/mol. The van der Waals surface area contributed by atoms with Gasteiger partial charge in [0.05, 0.1) is 29.9 Å². The van der Waals surface area contributed by atoms with Crippen molar-refractivity contribution in [2.75, 3.05) is 26.1 Å². The number of esters is 2. The Morgan fingerprint density at radius 3 is 2.49 bits per heavy atom. The number of thioether (sulfide) groups is 1. The smallest absolute Gasteiger partial charge is 0.336 e. The molecule has 0 radical (unpaired) electrons. The molecule has 1 aliphatic rings. The van der Waals surface area contributed by atoms with E-state index in [1.54, 1.807) is 23.9 Å². The molecule has 9 nitrogen and oxygen atoms in total. The number of carbonyl (C=O) groups excluding carboxylic acids is 2. The molecule has 0 fully saturated rings. The van der Waals surface area contributed by atoms with Gasteiger partial charge in [-0.2, -0.15) is 0 Å². The maximum Gasteiger partial charge on any atom is 0.336 e. The van der Waals surface area contributed by atoms with E-state index in [0.29, 0.717) is 42.7 Å². The minimum absolute atomic E-state index is 0.113. The van der Waals surface area contributed by atoms with Crippen molar-refractivity contribution in [3.63, 3.8) is 0 Å². The fraction of sp³-hybridized carbons (Fsp3) is 0.414. The molecule has 1 aliphatic heterocycles. The third kappa shape index (κ3) is 7.54. The van der Waals surface area contributed by atoms with E-state index >= 15 is 0 Å². The van der Waals surface area contributed by atoms with Gasteiger partial charge in [-0.1, -0.05) is 38.1 Å². The Bertz CT molecular complexity index is 1240. The number of nitro groups is 1. The summed E-state index contributed by atoms with van der Waals surface area (Å²) < 4.78 is 10.8. The second-order valence-corrected chi connectivity index (χ2v) is 10.1. The first kappa shape index (κ1) is 30.0. The van der Waals surface area contributed by atoms with Crippen LogP contribution in [-0.2, 0) is 25.5 Å². The Morgan fingerprint density at radius 1 is 1.13 bits per heavy atom. The predicted molar refractivity (Wildman–Crippen MR) is 150 cm³/mol. The van der Waals surface area contributed by atoms with E-state index in [0.717, 1.165) is 16.2 Å². The van der Waals surface area contributed by atoms with Crippen LogP contribution in [0.15, 0.2) is 69.7 Å². The zero-order valence-electron chi connectivity index (χ0n) is 22.4. The van der Waals surface area contributed by atoms with E-state index in [1.165, 1.54) is 19.2 Å². The number of carbonyl (C=O) groups is 2. The Balaban J connectivity index is 1.81. The number of non-ortho nitro benzene ring substituents is 1. The second kappa shape index (κ2) is 14.6. The number of nitro benzene ring substituents is 1. The molecule has 0 aliphatic carbocycles. The molecule has 1 N–H and O–H groups in total. The summed E-state index contributed by atoms with van der Waals surface area (Å²) in [7, 11) is 1.27. The van der Waals surface area contributed by atoms with Gasteiger partial charge in [0, 0.05) is 41.0 Å². The summed E-state index contributed by atoms with van der Waals surface area (Å²) in [6.45, 7) is 4.02. The number of methoxy groups -OCH3 is 1. The number of hydrogen-bond acceptors (Lipinski definition) is 9. The Hall–Kier alpha value is -3.50. The number of aliphatic imine (C=N–C) groups is 1. The van der Waals surface area contributed by atoms with Crippen molar-refractivity contribution >= 4 is 35.1 Å². The molecule has 2 aromatic rings. The average Bonchev–Trinajstić information content (AvgIpc) is 2.96. The van der Waals surface area contributed by atoms with Crippen LogP contribution in [0.1, 0.15) is 50.2 Å². The van der Waals surface area contributed by atoms with Gasteiger partial charge in [-0.15, -0.1) is 11.8 Å². The highest BCUT2D eigenvalue weighted by atomic mass is 32.2. The fourth-order valence-corrected chi connectivity index (χ4v) is 5.44. The van der Waals surface area contributed by atoms with Crippen LogP contribution in [0.4, 0.5) is 5.69 Å². The molecule has 1 heterocycles. The number of hydrogen-bond donors (Lipinski definition) is 1. The van der Waals surface area contributed by atoms with Crippen LogP contribution in [0.25, 0.3) is 0 Å². The lowest BCUT2D eigenvalue weighted by Gasteiger charge is -2.32. The third-order valence-corrected chi connectivity index (χ3v) is 7.62. The SMILES string of the molecule is CCC1=NC(CC)=C(C(=O)OCCCSc2ccc(CCO)cc2)C(c2cccc([N+](=O)[O-])c2)C1C(=O)OC. The van der Waals surface area contributed by atoms with Crippen LogP contribution in [0, 0.1) is 16.0 Å². The van der Waals surface area contributed by atoms with Gasteiger partial charge in [-0.25, -0.2) is 4.79 Å². The van der Waals surface area contributed by atoms with E-state index in [-0.39, 0.29) is 24.5 Å². The number of aliphatic hydroxyl groups excluding tert-OH is 1. The lowest BCUT2D eigenvalue weighted by Crippen LogP contribution is -2.37. The van der Waals surface area contributed by atoms with Crippen molar-refractivity contribution in [3.8, 4) is 0 Å². The maximum absolute atomic E-state index is 13.5. The summed E-state index contributed by atoms with van der Waals surface area (Å²) in [6.07, 6.45) is 2.11. The molecule has 2 unspecified atom stereocenters. The normalized spacial score (nSPS) is 17.0. The first-order valence-electron chi connectivity index (χ1n) is 13.0. The van der Waals surface area contributed by atoms with Crippen molar-refractivity contribution in [1.82, 2.24) is 0 Å². The monoisotopic (exact) mass is 554 g/mol. The van der Waals surface area contributed by atoms with E-state index in [2.05, 4.69) is 4.99 Å². The molecule has 2 aromatic carbocycles. The molecule has 0 saturated heterocycles. The van der Waals surface area contributed by atoms with E-state index in [1.807, 2.05) is 38.1 Å². The summed E-state index contributed by atoms with van der Waals surface area (Å²) in [4.78, 5) is 43.2. The van der Waals surface area contributed by atoms with Gasteiger partial charge >= 0.3 is 11.9 Å². The molecule has 0 aromatic heterocycles. The molecule has 39 heavy (non-hydrogen) atoms. The highest BCUT2D eigenvalue weighted by Gasteiger charge is 2.43. The first-order chi connectivity index (χ1) is 18.8. The van der Waals surface area contributed by atoms with Gasteiger partial charge in [-0.05, 0) is 48.9 Å². The summed E-state index contributed by atoms with van der Waals surface area (Å²) >= 11 is 1.64. The van der Waals surface area contributed by atoms with E-state index in [4.69, 9.17) is 14.6 Å². The largest absolute Gasteiger partial charge is 0.468 e. The van der Waals surface area contributed by atoms with Gasteiger partial charge in [-0.3, -0.25) is 19.9 Å². The van der Waals surface area contributed by atoms with Gasteiger partial charge in [0.15, 0.2) is 0 Å². The van der Waals surface area contributed by atoms with Crippen molar-refractivity contribution in [2.45, 2.75) is 50.3 Å². The van der Waals surface area contributed by atoms with Gasteiger partial charge in [0.25, 0.3) is 5.69 Å². The van der Waals surface area contributed by atoms with Crippen LogP contribution in [0.5, 0.6) is 0 Å². The molecule has 10 heteroatoms. The summed E-state index contributed by atoms with van der Waals surface area (Å²) in [5.74, 6) is -2.14. The van der Waals surface area contributed by atoms with E-state index in [9.17, 15) is 19.7 Å². The predicted octanol–water partition coefficient (Wildman–Crippen LogP) is 5.26. The van der Waals surface area contributed by atoms with Gasteiger partial charge in [0.2, 0.25) is 0 Å². The van der Waals surface area contributed by atoms with Crippen LogP contribution in [0.3, 0.4) is 0 Å². The molecule has 0 amide bonds. The first-order valence-corrected chi connectivity index (χ1v) is 13.9. The Labute approximate surface area is 232 Å². The average molecular weight is 555 g/mol. The van der Waals surface area contributed by atoms with Crippen LogP contribution >= 0.6 is 11.8 Å². The number of allylic oxidation sites excluding steroid dienone is 1. The van der Waals surface area contributed by atoms with Crippen molar-refractivity contribution < 1.29 is 29.1 Å². The van der Waals surface area contributed by atoms with Crippen molar-refractivity contribution in [3.05, 3.63) is 81.0 Å². The molecule has 0 spiro atoms. The maximum atomic E-state index is 13.5. The molecule has 2 atom stereocenters. The van der Waals surface area contributed by atoms with Gasteiger partial charge in [0.1, 0.15) is 5.92 Å². The summed E-state index contributed by atoms with van der Waals surface area (Å²) in [5, 5.41) is 20.5.